The Balaban J connectivity index is 2.29. The van der Waals surface area contributed by atoms with Crippen LogP contribution in [0.3, 0.4) is 0 Å². The van der Waals surface area contributed by atoms with E-state index in [1.54, 1.807) is 0 Å². The van der Waals surface area contributed by atoms with Crippen LogP contribution < -0.4 is 0 Å². The fraction of sp³-hybridized carbons (Fsp3) is 1.00. The Hall–Kier alpha value is -0.130. The molecule has 0 spiro atoms. The number of nitrogens with zero attached hydrogens (tertiary/aromatic N) is 1. The minimum atomic E-state index is -2.86. The number of rotatable bonds is 4. The zero-order valence-corrected chi connectivity index (χ0v) is 10.3. The van der Waals surface area contributed by atoms with Gasteiger partial charge in [0.2, 0.25) is 0 Å². The number of aliphatic hydroxyl groups excluding tert-OH is 1. The van der Waals surface area contributed by atoms with E-state index in [2.05, 4.69) is 4.90 Å². The summed E-state index contributed by atoms with van der Waals surface area (Å²) in [6, 6.07) is 0. The van der Waals surface area contributed by atoms with E-state index in [1.807, 2.05) is 6.92 Å². The molecule has 1 aliphatic rings. The fourth-order valence-electron chi connectivity index (χ4n) is 2.11. The highest BCUT2D eigenvalue weighted by Gasteiger charge is 2.20. The summed E-state index contributed by atoms with van der Waals surface area (Å²) in [6.07, 6.45) is 2.74. The van der Waals surface area contributed by atoms with E-state index in [0.717, 1.165) is 32.5 Å². The second kappa shape index (κ2) is 5.27. The highest BCUT2D eigenvalue weighted by molar-refractivity contribution is 7.90. The molecule has 0 radical (unpaired) electrons. The molecule has 1 rings (SSSR count). The van der Waals surface area contributed by atoms with Crippen molar-refractivity contribution < 1.29 is 13.5 Å². The van der Waals surface area contributed by atoms with Gasteiger partial charge in [0.05, 0.1) is 11.9 Å². The van der Waals surface area contributed by atoms with Gasteiger partial charge < -0.3 is 10.0 Å². The van der Waals surface area contributed by atoms with Crippen molar-refractivity contribution in [2.24, 2.45) is 5.92 Å². The molecule has 90 valence electrons. The molecule has 0 aromatic heterocycles. The number of sulfone groups is 1. The number of hydrogen-bond donors (Lipinski definition) is 1. The van der Waals surface area contributed by atoms with E-state index in [9.17, 15) is 13.5 Å². The van der Waals surface area contributed by atoms with Gasteiger partial charge >= 0.3 is 0 Å². The maximum absolute atomic E-state index is 11.1. The lowest BCUT2D eigenvalue weighted by Gasteiger charge is -2.31. The van der Waals surface area contributed by atoms with Gasteiger partial charge in [-0.15, -0.1) is 0 Å². The molecule has 1 saturated heterocycles. The minimum absolute atomic E-state index is 0.161. The molecule has 0 aromatic rings. The van der Waals surface area contributed by atoms with Gasteiger partial charge in [0.1, 0.15) is 9.84 Å². The largest absolute Gasteiger partial charge is 0.393 e. The Bertz CT molecular complexity index is 281. The normalized spacial score (nSPS) is 22.9. The van der Waals surface area contributed by atoms with Crippen molar-refractivity contribution in [1.82, 2.24) is 4.90 Å². The average molecular weight is 235 g/mol. The second-order valence-corrected chi connectivity index (χ2v) is 6.91. The zero-order valence-electron chi connectivity index (χ0n) is 9.52. The summed E-state index contributed by atoms with van der Waals surface area (Å²) in [5.41, 5.74) is 0. The highest BCUT2D eigenvalue weighted by atomic mass is 32.2. The highest BCUT2D eigenvalue weighted by Crippen LogP contribution is 2.12. The van der Waals surface area contributed by atoms with Crippen molar-refractivity contribution in [2.75, 3.05) is 31.6 Å². The van der Waals surface area contributed by atoms with Gasteiger partial charge in [-0.3, -0.25) is 0 Å². The molecule has 1 N–H and O–H groups in total. The molecule has 1 atom stereocenters. The van der Waals surface area contributed by atoms with Crippen LogP contribution in [0.1, 0.15) is 19.8 Å². The predicted molar refractivity (Wildman–Crippen MR) is 60.6 cm³/mol. The van der Waals surface area contributed by atoms with Crippen molar-refractivity contribution >= 4 is 9.84 Å². The second-order valence-electron chi connectivity index (χ2n) is 4.73. The van der Waals surface area contributed by atoms with Crippen LogP contribution in [-0.2, 0) is 9.84 Å². The molecule has 1 unspecified atom stereocenters. The molecule has 0 aromatic carbocycles. The van der Waals surface area contributed by atoms with Crippen molar-refractivity contribution in [3.05, 3.63) is 0 Å². The van der Waals surface area contributed by atoms with Gasteiger partial charge in [0.15, 0.2) is 0 Å². The first-order chi connectivity index (χ1) is 6.87. The van der Waals surface area contributed by atoms with Crippen LogP contribution >= 0.6 is 0 Å². The average Bonchev–Trinajstić information content (AvgIpc) is 2.05. The Morgan fingerprint density at radius 2 is 1.93 bits per heavy atom. The zero-order chi connectivity index (χ0) is 11.5. The number of piperidine rings is 1. The lowest BCUT2D eigenvalue weighted by molar-refractivity contribution is 0.0774. The van der Waals surface area contributed by atoms with Crippen molar-refractivity contribution in [2.45, 2.75) is 25.9 Å². The van der Waals surface area contributed by atoms with E-state index in [4.69, 9.17) is 0 Å². The summed E-state index contributed by atoms with van der Waals surface area (Å²) in [5.74, 6) is 0.432. The lowest BCUT2D eigenvalue weighted by Crippen LogP contribution is -2.39. The Kier molecular flexibility index (Phi) is 4.55. The van der Waals surface area contributed by atoms with Crippen LogP contribution in [0.4, 0.5) is 0 Å². The van der Waals surface area contributed by atoms with Crippen molar-refractivity contribution in [1.29, 1.82) is 0 Å². The molecule has 4 nitrogen and oxygen atoms in total. The van der Waals surface area contributed by atoms with Crippen LogP contribution in [0.2, 0.25) is 0 Å². The van der Waals surface area contributed by atoms with E-state index in [-0.39, 0.29) is 17.8 Å². The number of hydrogen-bond acceptors (Lipinski definition) is 4. The summed E-state index contributed by atoms with van der Waals surface area (Å²) in [4.78, 5) is 2.24. The van der Waals surface area contributed by atoms with E-state index in [0.29, 0.717) is 0 Å². The first-order valence-electron chi connectivity index (χ1n) is 5.45. The van der Waals surface area contributed by atoms with Crippen molar-refractivity contribution in [3.63, 3.8) is 0 Å². The van der Waals surface area contributed by atoms with Crippen LogP contribution in [0.15, 0.2) is 0 Å². The predicted octanol–water partition coefficient (Wildman–Crippen LogP) is 0.124. The molecule has 0 aliphatic carbocycles. The Labute approximate surface area is 92.2 Å². The molecule has 5 heteroatoms. The third kappa shape index (κ3) is 5.49. The first kappa shape index (κ1) is 12.9. The van der Waals surface area contributed by atoms with Crippen LogP contribution in [0.5, 0.6) is 0 Å². The Morgan fingerprint density at radius 1 is 1.40 bits per heavy atom. The molecular formula is C10H21NO3S. The first-order valence-corrected chi connectivity index (χ1v) is 7.51. The van der Waals surface area contributed by atoms with Gasteiger partial charge in [-0.1, -0.05) is 6.92 Å². The number of likely N-dealkylation sites (tertiary alicyclic amines) is 1. The Morgan fingerprint density at radius 3 is 2.40 bits per heavy atom. The summed E-state index contributed by atoms with van der Waals surface area (Å²) in [6.45, 7) is 4.55. The topological polar surface area (TPSA) is 57.6 Å². The van der Waals surface area contributed by atoms with Gasteiger partial charge in [0, 0.05) is 25.9 Å². The van der Waals surface area contributed by atoms with Gasteiger partial charge in [-0.2, -0.15) is 0 Å². The smallest absolute Gasteiger partial charge is 0.147 e. The summed E-state index contributed by atoms with van der Waals surface area (Å²) < 4.78 is 22.2. The molecule has 0 amide bonds. The molecule has 1 fully saturated rings. The van der Waals surface area contributed by atoms with Gasteiger partial charge in [-0.05, 0) is 18.8 Å². The van der Waals surface area contributed by atoms with Crippen LogP contribution in [0.25, 0.3) is 0 Å². The standard InChI is InChI=1S/C10H21NO3S/c1-9(8-15(2,13)14)7-11-5-3-10(12)4-6-11/h9-10,12H,3-8H2,1-2H3. The van der Waals surface area contributed by atoms with Crippen LogP contribution in [0, 0.1) is 5.92 Å². The molecule has 15 heavy (non-hydrogen) atoms. The third-order valence-corrected chi connectivity index (χ3v) is 3.89. The number of aliphatic hydroxyl groups is 1. The fourth-order valence-corrected chi connectivity index (χ4v) is 3.25. The van der Waals surface area contributed by atoms with E-state index in [1.165, 1.54) is 6.26 Å². The van der Waals surface area contributed by atoms with Crippen molar-refractivity contribution in [3.8, 4) is 0 Å². The maximum Gasteiger partial charge on any atom is 0.147 e. The maximum atomic E-state index is 11.1. The SMILES string of the molecule is CC(CN1CCC(O)CC1)CS(C)(=O)=O. The summed E-state index contributed by atoms with van der Waals surface area (Å²) >= 11 is 0. The van der Waals surface area contributed by atoms with Gasteiger partial charge in [-0.25, -0.2) is 8.42 Å². The minimum Gasteiger partial charge on any atom is -0.393 e. The molecular weight excluding hydrogens is 214 g/mol. The van der Waals surface area contributed by atoms with E-state index < -0.39 is 9.84 Å². The monoisotopic (exact) mass is 235 g/mol. The summed E-state index contributed by atoms with van der Waals surface area (Å²) in [7, 11) is -2.86. The van der Waals surface area contributed by atoms with Crippen LogP contribution in [-0.4, -0.2) is 56.2 Å². The molecule has 0 saturated carbocycles. The van der Waals surface area contributed by atoms with Gasteiger partial charge in [0.25, 0.3) is 0 Å². The molecule has 0 bridgehead atoms. The third-order valence-electron chi connectivity index (χ3n) is 2.71. The summed E-state index contributed by atoms with van der Waals surface area (Å²) in [5, 5.41) is 9.32. The quantitative estimate of drug-likeness (QED) is 0.752. The molecule has 1 heterocycles. The molecule has 1 aliphatic heterocycles. The van der Waals surface area contributed by atoms with E-state index >= 15 is 0 Å². The lowest BCUT2D eigenvalue weighted by atomic mass is 10.1.